The average Bonchev–Trinajstić information content (AvgIpc) is 3.07. The summed E-state index contributed by atoms with van der Waals surface area (Å²) in [7, 11) is 1.69. The van der Waals surface area contributed by atoms with Crippen molar-refractivity contribution in [1.82, 2.24) is 20.5 Å². The Morgan fingerprint density at radius 1 is 1.44 bits per heavy atom. The molecule has 0 radical (unpaired) electrons. The predicted molar refractivity (Wildman–Crippen MR) is 115 cm³/mol. The van der Waals surface area contributed by atoms with Crippen molar-refractivity contribution in [1.29, 1.82) is 0 Å². The number of guanidine groups is 1. The quantitative estimate of drug-likeness (QED) is 0.343. The lowest BCUT2D eigenvalue weighted by atomic mass is 9.99. The first kappa shape index (κ1) is 24.4. The van der Waals surface area contributed by atoms with E-state index in [1.54, 1.807) is 7.05 Å². The van der Waals surface area contributed by atoms with Gasteiger partial charge >= 0.3 is 6.18 Å². The van der Waals surface area contributed by atoms with Gasteiger partial charge < -0.3 is 10.6 Å². The molecule has 0 aliphatic carbocycles. The maximum Gasteiger partial charge on any atom is 0.434 e. The Labute approximate surface area is 180 Å². The van der Waals surface area contributed by atoms with E-state index in [2.05, 4.69) is 39.4 Å². The van der Waals surface area contributed by atoms with Gasteiger partial charge in [0.15, 0.2) is 11.7 Å². The summed E-state index contributed by atoms with van der Waals surface area (Å²) in [6, 6.07) is 0.407. The maximum absolute atomic E-state index is 12.6. The number of piperidine rings is 1. The third-order valence-corrected chi connectivity index (χ3v) is 5.48. The Morgan fingerprint density at radius 2 is 2.19 bits per heavy atom. The second-order valence-corrected chi connectivity index (χ2v) is 7.79. The standard InChI is InChI=1S/C17H28F3N5S.HI/c1-12-5-4-8-25(10-12)13(2)9-23-16(21-3)22-7-6-15-24-14(11-26-15)17(18,19)20;/h11-13H,4-10H2,1-3H3,(H2,21,22,23);1H. The molecule has 1 aromatic rings. The first-order valence-corrected chi connectivity index (χ1v) is 9.87. The summed E-state index contributed by atoms with van der Waals surface area (Å²) in [5.41, 5.74) is -0.815. The number of nitrogens with zero attached hydrogens (tertiary/aromatic N) is 3. The molecule has 27 heavy (non-hydrogen) atoms. The highest BCUT2D eigenvalue weighted by molar-refractivity contribution is 14.0. The van der Waals surface area contributed by atoms with E-state index in [-0.39, 0.29) is 24.0 Å². The zero-order valence-electron chi connectivity index (χ0n) is 16.0. The molecule has 0 bridgehead atoms. The van der Waals surface area contributed by atoms with Crippen LogP contribution in [0.1, 0.15) is 37.4 Å². The predicted octanol–water partition coefficient (Wildman–Crippen LogP) is 3.61. The molecule has 1 aromatic heterocycles. The van der Waals surface area contributed by atoms with E-state index in [0.717, 1.165) is 42.3 Å². The summed E-state index contributed by atoms with van der Waals surface area (Å²) in [4.78, 5) is 10.3. The van der Waals surface area contributed by atoms with Crippen LogP contribution in [0, 0.1) is 5.92 Å². The van der Waals surface area contributed by atoms with Crippen LogP contribution >= 0.6 is 35.3 Å². The molecule has 2 rings (SSSR count). The van der Waals surface area contributed by atoms with Crippen molar-refractivity contribution >= 4 is 41.3 Å². The van der Waals surface area contributed by atoms with Gasteiger partial charge in [-0.25, -0.2) is 4.98 Å². The van der Waals surface area contributed by atoms with E-state index in [4.69, 9.17) is 0 Å². The van der Waals surface area contributed by atoms with Crippen LogP contribution < -0.4 is 10.6 Å². The Balaban J connectivity index is 0.00000364. The minimum Gasteiger partial charge on any atom is -0.356 e. The summed E-state index contributed by atoms with van der Waals surface area (Å²) >= 11 is 1.03. The SMILES string of the molecule is CN=C(NCCc1nc(C(F)(F)F)cs1)NCC(C)N1CCCC(C)C1.I. The molecule has 2 N–H and O–H groups in total. The van der Waals surface area contributed by atoms with Crippen LogP contribution in [0.15, 0.2) is 10.4 Å². The first-order valence-electron chi connectivity index (χ1n) is 8.99. The van der Waals surface area contributed by atoms with E-state index in [9.17, 15) is 13.2 Å². The highest BCUT2D eigenvalue weighted by Gasteiger charge is 2.33. The number of nitrogens with one attached hydrogen (secondary N) is 2. The molecule has 1 saturated heterocycles. The van der Waals surface area contributed by atoms with E-state index in [1.165, 1.54) is 12.8 Å². The Hall–Kier alpha value is -0.620. The number of rotatable bonds is 6. The molecule has 5 nitrogen and oxygen atoms in total. The highest BCUT2D eigenvalue weighted by Crippen LogP contribution is 2.30. The zero-order chi connectivity index (χ0) is 19.2. The minimum atomic E-state index is -4.37. The van der Waals surface area contributed by atoms with Gasteiger partial charge in [-0.15, -0.1) is 35.3 Å². The lowest BCUT2D eigenvalue weighted by Gasteiger charge is -2.35. The number of aromatic nitrogens is 1. The van der Waals surface area contributed by atoms with Gasteiger partial charge in [0.1, 0.15) is 0 Å². The second-order valence-electron chi connectivity index (χ2n) is 6.85. The summed E-state index contributed by atoms with van der Waals surface area (Å²) in [6.07, 6.45) is -1.40. The monoisotopic (exact) mass is 519 g/mol. The minimum absolute atomic E-state index is 0. The van der Waals surface area contributed by atoms with Gasteiger partial charge in [-0.1, -0.05) is 6.92 Å². The van der Waals surface area contributed by atoms with Crippen molar-refractivity contribution in [3.8, 4) is 0 Å². The number of halogens is 4. The molecule has 0 spiro atoms. The van der Waals surface area contributed by atoms with Gasteiger partial charge in [-0.2, -0.15) is 13.2 Å². The van der Waals surface area contributed by atoms with Gasteiger partial charge in [0.25, 0.3) is 0 Å². The van der Waals surface area contributed by atoms with Crippen LogP contribution in [0.3, 0.4) is 0 Å². The van der Waals surface area contributed by atoms with Crippen LogP contribution in [0.2, 0.25) is 0 Å². The van der Waals surface area contributed by atoms with Gasteiger partial charge in [-0.3, -0.25) is 9.89 Å². The summed E-state index contributed by atoms with van der Waals surface area (Å²) < 4.78 is 37.7. The molecule has 1 aliphatic rings. The van der Waals surface area contributed by atoms with E-state index in [0.29, 0.717) is 30.0 Å². The maximum atomic E-state index is 12.6. The van der Waals surface area contributed by atoms with E-state index in [1.807, 2.05) is 0 Å². The fourth-order valence-corrected chi connectivity index (χ4v) is 3.87. The fourth-order valence-electron chi connectivity index (χ4n) is 3.06. The van der Waals surface area contributed by atoms with Crippen molar-refractivity contribution in [3.05, 3.63) is 16.1 Å². The van der Waals surface area contributed by atoms with Crippen molar-refractivity contribution < 1.29 is 13.2 Å². The molecule has 0 aromatic carbocycles. The number of aliphatic imine (C=N–C) groups is 1. The third-order valence-electron chi connectivity index (χ3n) is 4.57. The molecular formula is C17H29F3IN5S. The highest BCUT2D eigenvalue weighted by atomic mass is 127. The number of thiazole rings is 1. The van der Waals surface area contributed by atoms with E-state index < -0.39 is 11.9 Å². The Morgan fingerprint density at radius 3 is 2.78 bits per heavy atom. The molecule has 1 aliphatic heterocycles. The van der Waals surface area contributed by atoms with Crippen molar-refractivity contribution in [2.75, 3.05) is 33.2 Å². The fraction of sp³-hybridized carbons (Fsp3) is 0.765. The van der Waals surface area contributed by atoms with Crippen molar-refractivity contribution in [3.63, 3.8) is 0 Å². The van der Waals surface area contributed by atoms with Crippen LogP contribution in [0.5, 0.6) is 0 Å². The summed E-state index contributed by atoms with van der Waals surface area (Å²) in [6.45, 7) is 8.01. The molecule has 1 fully saturated rings. The van der Waals surface area contributed by atoms with Gasteiger partial charge in [-0.05, 0) is 32.2 Å². The van der Waals surface area contributed by atoms with Crippen LogP contribution in [-0.2, 0) is 12.6 Å². The number of alkyl halides is 3. The number of hydrogen-bond donors (Lipinski definition) is 2. The average molecular weight is 519 g/mol. The molecule has 2 unspecified atom stereocenters. The summed E-state index contributed by atoms with van der Waals surface area (Å²) in [5, 5.41) is 7.96. The van der Waals surface area contributed by atoms with Crippen LogP contribution in [-0.4, -0.2) is 55.1 Å². The molecule has 156 valence electrons. The van der Waals surface area contributed by atoms with Crippen LogP contribution in [0.4, 0.5) is 13.2 Å². The molecule has 2 heterocycles. The largest absolute Gasteiger partial charge is 0.434 e. The van der Waals surface area contributed by atoms with Crippen LogP contribution in [0.25, 0.3) is 0 Å². The van der Waals surface area contributed by atoms with Gasteiger partial charge in [0, 0.05) is 44.5 Å². The zero-order valence-corrected chi connectivity index (χ0v) is 19.1. The van der Waals surface area contributed by atoms with Gasteiger partial charge in [0.05, 0.1) is 5.01 Å². The first-order chi connectivity index (χ1) is 12.3. The number of likely N-dealkylation sites (tertiary alicyclic amines) is 1. The summed E-state index contributed by atoms with van der Waals surface area (Å²) in [5.74, 6) is 1.40. The van der Waals surface area contributed by atoms with Crippen molar-refractivity contribution in [2.24, 2.45) is 10.9 Å². The third kappa shape index (κ3) is 8.10. The normalized spacial score (nSPS) is 20.1. The molecule has 0 amide bonds. The smallest absolute Gasteiger partial charge is 0.356 e. The topological polar surface area (TPSA) is 52.6 Å². The number of hydrogen-bond acceptors (Lipinski definition) is 4. The molecule has 10 heteroatoms. The van der Waals surface area contributed by atoms with E-state index >= 15 is 0 Å². The lowest BCUT2D eigenvalue weighted by molar-refractivity contribution is -0.140. The van der Waals surface area contributed by atoms with Gasteiger partial charge in [0.2, 0.25) is 0 Å². The molecule has 0 saturated carbocycles. The second kappa shape index (κ2) is 11.4. The van der Waals surface area contributed by atoms with Crippen molar-refractivity contribution in [2.45, 2.75) is 45.3 Å². The molecular weight excluding hydrogens is 490 g/mol. The molecule has 2 atom stereocenters. The lowest BCUT2D eigenvalue weighted by Crippen LogP contribution is -2.48. The Kier molecular flexibility index (Phi) is 10.3. The Bertz CT molecular complexity index is 593.